The van der Waals surface area contributed by atoms with Crippen molar-refractivity contribution in [2.45, 2.75) is 70.9 Å². The van der Waals surface area contributed by atoms with Gasteiger partial charge in [-0.15, -0.1) is 0 Å². The number of rotatable bonds is 8. The first-order valence-electron chi connectivity index (χ1n) is 13.1. The summed E-state index contributed by atoms with van der Waals surface area (Å²) in [6, 6.07) is 14.6. The zero-order chi connectivity index (χ0) is 25.4. The number of unbranched alkanes of at least 4 members (excludes halogenated alkanes) is 2. The van der Waals surface area contributed by atoms with Crippen molar-refractivity contribution < 1.29 is 14.4 Å². The number of urea groups is 1. The number of anilines is 1. The van der Waals surface area contributed by atoms with Gasteiger partial charge in [-0.25, -0.2) is 9.69 Å². The molecule has 0 bridgehead atoms. The van der Waals surface area contributed by atoms with Gasteiger partial charge in [0.1, 0.15) is 0 Å². The average Bonchev–Trinajstić information content (AvgIpc) is 3.37. The lowest BCUT2D eigenvalue weighted by atomic mass is 9.87. The van der Waals surface area contributed by atoms with Crippen LogP contribution < -0.4 is 10.2 Å². The van der Waals surface area contributed by atoms with Gasteiger partial charge in [-0.3, -0.25) is 9.59 Å². The highest BCUT2D eigenvalue weighted by Gasteiger charge is 2.59. The molecule has 0 saturated carbocycles. The molecule has 0 spiro atoms. The molecule has 2 atom stereocenters. The quantitative estimate of drug-likeness (QED) is 0.326. The second-order valence-electron chi connectivity index (χ2n) is 10.0. The molecule has 3 heterocycles. The van der Waals surface area contributed by atoms with Crippen LogP contribution in [0.2, 0.25) is 0 Å². The molecule has 2 aromatic carbocycles. The number of carbonyl (C=O) groups excluding carboxylic acids is 3. The Morgan fingerprint density at radius 1 is 1.08 bits per heavy atom. The van der Waals surface area contributed by atoms with Crippen molar-refractivity contribution in [1.82, 2.24) is 15.2 Å². The van der Waals surface area contributed by atoms with Crippen molar-refractivity contribution in [2.24, 2.45) is 0 Å². The van der Waals surface area contributed by atoms with Crippen LogP contribution in [0, 0.1) is 0 Å². The molecule has 0 radical (unpaired) electrons. The summed E-state index contributed by atoms with van der Waals surface area (Å²) in [7, 11) is 0. The van der Waals surface area contributed by atoms with Crippen molar-refractivity contribution in [1.29, 1.82) is 0 Å². The van der Waals surface area contributed by atoms with Crippen molar-refractivity contribution >= 4 is 34.4 Å². The molecule has 0 aliphatic carbocycles. The second-order valence-corrected chi connectivity index (χ2v) is 10.0. The van der Waals surface area contributed by atoms with Gasteiger partial charge >= 0.3 is 6.03 Å². The molecular formula is C29H34N4O3. The number of imide groups is 1. The maximum Gasteiger partial charge on any atom is 0.332 e. The first-order valence-corrected chi connectivity index (χ1v) is 13.1. The summed E-state index contributed by atoms with van der Waals surface area (Å²) in [4.78, 5) is 47.4. The number of hydrogen-bond donors (Lipinski definition) is 2. The number of nitrogens with one attached hydrogen (secondary N) is 2. The van der Waals surface area contributed by atoms with Crippen LogP contribution in [-0.2, 0) is 16.8 Å². The van der Waals surface area contributed by atoms with Gasteiger partial charge < -0.3 is 15.2 Å². The fraction of sp³-hybridized carbons (Fsp3) is 0.414. The van der Waals surface area contributed by atoms with Crippen LogP contribution in [0.25, 0.3) is 10.9 Å². The van der Waals surface area contributed by atoms with E-state index >= 15 is 0 Å². The van der Waals surface area contributed by atoms with Crippen LogP contribution in [-0.4, -0.2) is 40.3 Å². The highest BCUT2D eigenvalue weighted by Crippen LogP contribution is 2.45. The topological polar surface area (TPSA) is 85.5 Å². The van der Waals surface area contributed by atoms with Crippen molar-refractivity contribution in [3.05, 3.63) is 65.4 Å². The van der Waals surface area contributed by atoms with E-state index in [0.29, 0.717) is 24.2 Å². The highest BCUT2D eigenvalue weighted by atomic mass is 16.2. The largest absolute Gasteiger partial charge is 0.356 e. The van der Waals surface area contributed by atoms with E-state index in [2.05, 4.69) is 24.1 Å². The fourth-order valence-electron chi connectivity index (χ4n) is 5.75. The van der Waals surface area contributed by atoms with Gasteiger partial charge in [0, 0.05) is 23.5 Å². The van der Waals surface area contributed by atoms with E-state index < -0.39 is 5.54 Å². The molecule has 1 aromatic heterocycles. The Hall–Kier alpha value is -3.61. The lowest BCUT2D eigenvalue weighted by Crippen LogP contribution is -2.49. The fourth-order valence-corrected chi connectivity index (χ4v) is 5.75. The Morgan fingerprint density at radius 2 is 1.83 bits per heavy atom. The molecule has 2 N–H and O–H groups in total. The van der Waals surface area contributed by atoms with Gasteiger partial charge in [0.25, 0.3) is 11.8 Å². The number of amides is 4. The van der Waals surface area contributed by atoms with Gasteiger partial charge in [-0.2, -0.15) is 0 Å². The summed E-state index contributed by atoms with van der Waals surface area (Å²) < 4.78 is 0. The predicted molar refractivity (Wildman–Crippen MR) is 141 cm³/mol. The summed E-state index contributed by atoms with van der Waals surface area (Å²) >= 11 is 0. The zero-order valence-electron chi connectivity index (χ0n) is 21.3. The lowest BCUT2D eigenvalue weighted by molar-refractivity contribution is -0.125. The first kappa shape index (κ1) is 24.1. The SMILES string of the molecule is CCCCC[C@@H](CC)NC(=O)c1ccccc1N1C(=O)N2CCc3c([nH]c4ccccc34)[C@@]2(C)C1=O. The molecule has 1 saturated heterocycles. The average molecular weight is 487 g/mol. The van der Waals surface area contributed by atoms with Gasteiger partial charge in [0.15, 0.2) is 5.54 Å². The van der Waals surface area contributed by atoms with Crippen LogP contribution in [0.4, 0.5) is 10.5 Å². The number of fused-ring (bicyclic) bond motifs is 5. The molecule has 1 fully saturated rings. The lowest BCUT2D eigenvalue weighted by Gasteiger charge is -2.35. The molecule has 36 heavy (non-hydrogen) atoms. The summed E-state index contributed by atoms with van der Waals surface area (Å²) in [5.74, 6) is -0.592. The van der Waals surface area contributed by atoms with E-state index in [1.165, 1.54) is 4.90 Å². The molecule has 188 valence electrons. The van der Waals surface area contributed by atoms with E-state index in [0.717, 1.165) is 54.3 Å². The van der Waals surface area contributed by atoms with Crippen LogP contribution in [0.1, 0.15) is 74.5 Å². The van der Waals surface area contributed by atoms with Crippen LogP contribution in [0.3, 0.4) is 0 Å². The third-order valence-corrected chi connectivity index (χ3v) is 7.84. The van der Waals surface area contributed by atoms with Crippen molar-refractivity contribution in [2.75, 3.05) is 11.4 Å². The molecule has 4 amide bonds. The van der Waals surface area contributed by atoms with E-state index in [9.17, 15) is 14.4 Å². The normalized spacial score (nSPS) is 20.0. The number of aromatic amines is 1. The monoisotopic (exact) mass is 486 g/mol. The summed E-state index contributed by atoms with van der Waals surface area (Å²) in [5.41, 5.74) is 2.32. The van der Waals surface area contributed by atoms with Crippen LogP contribution >= 0.6 is 0 Å². The minimum Gasteiger partial charge on any atom is -0.356 e. The van der Waals surface area contributed by atoms with Gasteiger partial charge in [-0.1, -0.05) is 63.4 Å². The Morgan fingerprint density at radius 3 is 2.61 bits per heavy atom. The van der Waals surface area contributed by atoms with E-state index in [-0.39, 0.29) is 23.9 Å². The van der Waals surface area contributed by atoms with E-state index in [1.807, 2.05) is 31.2 Å². The number of para-hydroxylation sites is 2. The number of H-pyrrole nitrogens is 1. The highest BCUT2D eigenvalue weighted by molar-refractivity contribution is 6.25. The molecule has 7 nitrogen and oxygen atoms in total. The third kappa shape index (κ3) is 3.69. The number of carbonyl (C=O) groups is 3. The van der Waals surface area contributed by atoms with Crippen LogP contribution in [0.15, 0.2) is 48.5 Å². The summed E-state index contributed by atoms with van der Waals surface area (Å²) in [6.07, 6.45) is 5.72. The predicted octanol–water partition coefficient (Wildman–Crippen LogP) is 5.50. The molecule has 3 aromatic rings. The van der Waals surface area contributed by atoms with Gasteiger partial charge in [-0.05, 0) is 49.9 Å². The molecule has 7 heteroatoms. The number of hydrogen-bond acceptors (Lipinski definition) is 3. The van der Waals surface area contributed by atoms with Crippen LogP contribution in [0.5, 0.6) is 0 Å². The van der Waals surface area contributed by atoms with Crippen molar-refractivity contribution in [3.63, 3.8) is 0 Å². The molecule has 2 aliphatic rings. The number of nitrogens with zero attached hydrogens (tertiary/aromatic N) is 2. The molecule has 2 aliphatic heterocycles. The Bertz CT molecular complexity index is 1330. The second kappa shape index (κ2) is 9.45. The summed E-state index contributed by atoms with van der Waals surface area (Å²) in [6.45, 7) is 6.47. The summed E-state index contributed by atoms with van der Waals surface area (Å²) in [5, 5.41) is 4.22. The van der Waals surface area contributed by atoms with E-state index in [1.54, 1.807) is 29.2 Å². The molecule has 0 unspecified atom stereocenters. The zero-order valence-corrected chi connectivity index (χ0v) is 21.3. The smallest absolute Gasteiger partial charge is 0.332 e. The van der Waals surface area contributed by atoms with Crippen molar-refractivity contribution in [3.8, 4) is 0 Å². The maximum absolute atomic E-state index is 14.1. The maximum atomic E-state index is 14.1. The van der Waals surface area contributed by atoms with Gasteiger partial charge in [0.05, 0.1) is 16.9 Å². The number of benzene rings is 2. The first-order chi connectivity index (χ1) is 17.4. The van der Waals surface area contributed by atoms with E-state index in [4.69, 9.17) is 0 Å². The Balaban J connectivity index is 1.49. The Kier molecular flexibility index (Phi) is 6.33. The third-order valence-electron chi connectivity index (χ3n) is 7.84. The molecular weight excluding hydrogens is 452 g/mol. The number of aromatic nitrogens is 1. The van der Waals surface area contributed by atoms with Gasteiger partial charge in [0.2, 0.25) is 0 Å². The minimum atomic E-state index is -1.15. The molecule has 5 rings (SSSR count). The standard InChI is InChI=1S/C29H34N4O3/c1-4-6-7-12-19(5-2)30-26(34)22-14-9-11-16-24(22)33-27(35)29(3)25-21(17-18-32(29)28(33)36)20-13-8-10-15-23(20)31-25/h8-11,13-16,19,31H,4-7,12,17-18H2,1-3H3,(H,30,34)/t19-,29+/m1/s1. The Labute approximate surface area is 211 Å². The minimum absolute atomic E-state index is 0.0554.